The highest BCUT2D eigenvalue weighted by Gasteiger charge is 2.32. The lowest BCUT2D eigenvalue weighted by molar-refractivity contribution is -0.137. The minimum absolute atomic E-state index is 0.0102. The van der Waals surface area contributed by atoms with Gasteiger partial charge in [0.1, 0.15) is 11.9 Å². The van der Waals surface area contributed by atoms with Crippen LogP contribution >= 0.6 is 0 Å². The maximum atomic E-state index is 15.3. The van der Waals surface area contributed by atoms with E-state index in [0.29, 0.717) is 11.2 Å². The molecule has 2 aromatic carbocycles. The molecule has 0 spiro atoms. The van der Waals surface area contributed by atoms with Gasteiger partial charge in [0.15, 0.2) is 17.4 Å². The van der Waals surface area contributed by atoms with Crippen molar-refractivity contribution in [1.82, 2.24) is 29.4 Å². The molecule has 0 aliphatic rings. The van der Waals surface area contributed by atoms with E-state index in [1.807, 2.05) is 0 Å². The minimum atomic E-state index is -4.66. The van der Waals surface area contributed by atoms with E-state index in [-0.39, 0.29) is 39.8 Å². The zero-order valence-corrected chi connectivity index (χ0v) is 21.8. The van der Waals surface area contributed by atoms with Crippen molar-refractivity contribution in [3.05, 3.63) is 83.6 Å². The second-order valence-corrected chi connectivity index (χ2v) is 9.31. The molecule has 206 valence electrons. The summed E-state index contributed by atoms with van der Waals surface area (Å²) in [5.74, 6) is -1.89. The number of aromatic nitrogens is 5. The fraction of sp³-hybridized carbons (Fsp3) is 0.185. The number of alkyl halides is 3. The molecule has 9 nitrogen and oxygen atoms in total. The largest absolute Gasteiger partial charge is 0.435 e. The molecule has 3 heterocycles. The summed E-state index contributed by atoms with van der Waals surface area (Å²) >= 11 is 0. The van der Waals surface area contributed by atoms with E-state index in [4.69, 9.17) is 4.74 Å². The lowest BCUT2D eigenvalue weighted by Crippen LogP contribution is -2.24. The number of rotatable bonds is 6. The van der Waals surface area contributed by atoms with Gasteiger partial charge in [0.2, 0.25) is 5.88 Å². The van der Waals surface area contributed by atoms with E-state index < -0.39 is 23.5 Å². The first kappa shape index (κ1) is 26.7. The summed E-state index contributed by atoms with van der Waals surface area (Å²) < 4.78 is 63.8. The Morgan fingerprint density at radius 1 is 1.07 bits per heavy atom. The van der Waals surface area contributed by atoms with Crippen LogP contribution in [0.5, 0.6) is 11.6 Å². The molecule has 0 aliphatic heterocycles. The highest BCUT2D eigenvalue weighted by Crippen LogP contribution is 2.36. The predicted molar refractivity (Wildman–Crippen MR) is 140 cm³/mol. The summed E-state index contributed by atoms with van der Waals surface area (Å²) in [7, 11) is 2.95. The van der Waals surface area contributed by atoms with Crippen molar-refractivity contribution in [1.29, 1.82) is 0 Å². The Morgan fingerprint density at radius 2 is 1.85 bits per heavy atom. The van der Waals surface area contributed by atoms with Gasteiger partial charge in [0, 0.05) is 48.3 Å². The van der Waals surface area contributed by atoms with Gasteiger partial charge in [-0.05, 0) is 50.2 Å². The summed E-state index contributed by atoms with van der Waals surface area (Å²) in [5, 5.41) is 3.09. The van der Waals surface area contributed by atoms with Crippen LogP contribution < -0.4 is 10.1 Å². The minimum Gasteiger partial charge on any atom is -0.435 e. The number of nitrogens with one attached hydrogen (secondary N) is 2. The maximum Gasteiger partial charge on any atom is 0.416 e. The van der Waals surface area contributed by atoms with E-state index in [0.717, 1.165) is 24.2 Å². The van der Waals surface area contributed by atoms with E-state index in [1.54, 1.807) is 32.2 Å². The third-order valence-electron chi connectivity index (χ3n) is 5.99. The summed E-state index contributed by atoms with van der Waals surface area (Å²) in [6, 6.07) is 7.94. The Kier molecular flexibility index (Phi) is 6.65. The zero-order valence-electron chi connectivity index (χ0n) is 21.8. The van der Waals surface area contributed by atoms with Crippen LogP contribution in [0.1, 0.15) is 27.3 Å². The fourth-order valence-electron chi connectivity index (χ4n) is 4.12. The van der Waals surface area contributed by atoms with Crippen molar-refractivity contribution in [3.8, 4) is 17.3 Å². The van der Waals surface area contributed by atoms with Crippen molar-refractivity contribution in [2.24, 2.45) is 0 Å². The van der Waals surface area contributed by atoms with E-state index >= 15 is 4.39 Å². The quantitative estimate of drug-likeness (QED) is 0.245. The number of halogens is 4. The lowest BCUT2D eigenvalue weighted by Gasteiger charge is -2.18. The topological polar surface area (TPSA) is 101 Å². The molecule has 0 fully saturated rings. The highest BCUT2D eigenvalue weighted by molar-refractivity contribution is 6.01. The molecule has 3 aromatic heterocycles. The molecule has 5 aromatic rings. The van der Waals surface area contributed by atoms with Gasteiger partial charge in [-0.25, -0.2) is 19.3 Å². The van der Waals surface area contributed by atoms with Crippen LogP contribution in [-0.2, 0) is 6.18 Å². The number of carbonyl (C=O) groups excluding carboxylic acids is 1. The molecule has 0 aliphatic carbocycles. The second-order valence-electron chi connectivity index (χ2n) is 9.31. The molecule has 0 atom stereocenters. The number of anilines is 2. The van der Waals surface area contributed by atoms with Gasteiger partial charge in [0.25, 0.3) is 5.91 Å². The lowest BCUT2D eigenvalue weighted by atomic mass is 10.1. The fourth-order valence-corrected chi connectivity index (χ4v) is 4.12. The summed E-state index contributed by atoms with van der Waals surface area (Å²) in [6.45, 7) is 3.49. The first-order valence-corrected chi connectivity index (χ1v) is 11.9. The van der Waals surface area contributed by atoms with Gasteiger partial charge in [-0.15, -0.1) is 0 Å². The molecule has 0 bridgehead atoms. The van der Waals surface area contributed by atoms with Crippen molar-refractivity contribution in [2.75, 3.05) is 19.4 Å². The zero-order chi connectivity index (χ0) is 28.8. The van der Waals surface area contributed by atoms with E-state index in [9.17, 15) is 18.0 Å². The second kappa shape index (κ2) is 9.98. The van der Waals surface area contributed by atoms with Gasteiger partial charge >= 0.3 is 6.18 Å². The number of aryl methyl sites for hydroxylation is 2. The smallest absolute Gasteiger partial charge is 0.416 e. The third-order valence-corrected chi connectivity index (χ3v) is 5.99. The molecule has 13 heteroatoms. The molecule has 2 N–H and O–H groups in total. The van der Waals surface area contributed by atoms with Gasteiger partial charge in [-0.1, -0.05) is 0 Å². The molecule has 0 unspecified atom stereocenters. The SMILES string of the molecule is Cc1cn(-c2cc(Nc3ncnc(Oc4ccc5[nH]c(C)cc5c4F)c3C(=O)N(C)C)cc(C(F)(F)F)c2)cn1. The molecule has 5 rings (SSSR count). The Labute approximate surface area is 225 Å². The summed E-state index contributed by atoms with van der Waals surface area (Å²) in [4.78, 5) is 29.7. The predicted octanol–water partition coefficient (Wildman–Crippen LogP) is 6.16. The van der Waals surface area contributed by atoms with E-state index in [2.05, 4.69) is 25.3 Å². The third kappa shape index (κ3) is 5.17. The number of imidazole rings is 1. The number of aromatic amines is 1. The van der Waals surface area contributed by atoms with Crippen LogP contribution in [0.4, 0.5) is 29.1 Å². The number of amides is 1. The molecule has 0 radical (unpaired) electrons. The van der Waals surface area contributed by atoms with Crippen molar-refractivity contribution in [2.45, 2.75) is 20.0 Å². The number of benzene rings is 2. The number of hydrogen-bond acceptors (Lipinski definition) is 6. The van der Waals surface area contributed by atoms with Gasteiger partial charge in [0.05, 0.1) is 17.6 Å². The Bertz CT molecular complexity index is 1740. The van der Waals surface area contributed by atoms with Crippen LogP contribution in [0.2, 0.25) is 0 Å². The van der Waals surface area contributed by atoms with Crippen LogP contribution in [0, 0.1) is 19.7 Å². The van der Waals surface area contributed by atoms with Gasteiger partial charge in [-0.2, -0.15) is 13.2 Å². The monoisotopic (exact) mass is 553 g/mol. The van der Waals surface area contributed by atoms with Gasteiger partial charge < -0.3 is 24.5 Å². The normalized spacial score (nSPS) is 11.6. The van der Waals surface area contributed by atoms with Crippen LogP contribution in [0.25, 0.3) is 16.6 Å². The molecular formula is C27H23F4N7O2. The molecular weight excluding hydrogens is 530 g/mol. The molecule has 1 amide bonds. The first-order valence-electron chi connectivity index (χ1n) is 11.9. The average Bonchev–Trinajstić information content (AvgIpc) is 3.50. The number of nitrogens with zero attached hydrogens (tertiary/aromatic N) is 5. The average molecular weight is 554 g/mol. The molecule has 0 saturated heterocycles. The van der Waals surface area contributed by atoms with Gasteiger partial charge in [-0.3, -0.25) is 4.79 Å². The van der Waals surface area contributed by atoms with Crippen LogP contribution in [0.15, 0.2) is 55.2 Å². The van der Waals surface area contributed by atoms with Crippen LogP contribution in [0.3, 0.4) is 0 Å². The Morgan fingerprint density at radius 3 is 2.52 bits per heavy atom. The molecule has 40 heavy (non-hydrogen) atoms. The molecule has 0 saturated carbocycles. The van der Waals surface area contributed by atoms with Crippen molar-refractivity contribution >= 4 is 28.3 Å². The standard InChI is InChI=1S/C27H23F4N7O2/c1-14-7-19-20(35-14)5-6-21(23(19)28)40-25-22(26(39)37(3)4)24(32-12-33-25)36-17-8-16(27(29,30)31)9-18(10-17)38-11-15(2)34-13-38/h5-13,35H,1-4H3,(H,32,33,36). The van der Waals surface area contributed by atoms with Crippen molar-refractivity contribution < 1.29 is 27.1 Å². The highest BCUT2D eigenvalue weighted by atomic mass is 19.4. The van der Waals surface area contributed by atoms with Crippen LogP contribution in [-0.4, -0.2) is 49.4 Å². The van der Waals surface area contributed by atoms with E-state index in [1.165, 1.54) is 42.0 Å². The summed E-state index contributed by atoms with van der Waals surface area (Å²) in [5.41, 5.74) is 0.963. The Balaban J connectivity index is 1.60. The number of fused-ring (bicyclic) bond motifs is 1. The number of hydrogen-bond donors (Lipinski definition) is 2. The summed E-state index contributed by atoms with van der Waals surface area (Å²) in [6.07, 6.45) is -0.621. The number of carbonyl (C=O) groups is 1. The Hall–Kier alpha value is -4.94. The number of ether oxygens (including phenoxy) is 1. The number of H-pyrrole nitrogens is 1. The first-order chi connectivity index (χ1) is 18.9. The maximum absolute atomic E-state index is 15.3. The van der Waals surface area contributed by atoms with Crippen molar-refractivity contribution in [3.63, 3.8) is 0 Å².